The van der Waals surface area contributed by atoms with E-state index in [1.54, 1.807) is 0 Å². The van der Waals surface area contributed by atoms with E-state index in [1.807, 2.05) is 0 Å². The van der Waals surface area contributed by atoms with Gasteiger partial charge in [-0.2, -0.15) is 13.2 Å². The normalized spacial score (nSPS) is 21.1. The number of anilines is 1. The molecule has 1 aromatic rings. The van der Waals surface area contributed by atoms with Crippen LogP contribution >= 0.6 is 0 Å². The standard InChI is InChI=1S/C9H8F3N3O2/c10-9(11,12)6-3-7(14-4-13-6)15-2-1-5(16)8(15)17/h3-5,16H,1-2H2. The average molecular weight is 247 g/mol. The Bertz CT molecular complexity index is 449. The molecule has 8 heteroatoms. The molecule has 0 saturated carbocycles. The van der Waals surface area contributed by atoms with Crippen LogP contribution in [0.5, 0.6) is 0 Å². The van der Waals surface area contributed by atoms with Crippen molar-refractivity contribution in [3.05, 3.63) is 18.1 Å². The van der Waals surface area contributed by atoms with Crippen LogP contribution in [0.4, 0.5) is 19.0 Å². The molecule has 0 bridgehead atoms. The smallest absolute Gasteiger partial charge is 0.383 e. The highest BCUT2D eigenvalue weighted by Gasteiger charge is 2.36. The molecule has 0 aliphatic carbocycles. The zero-order valence-corrected chi connectivity index (χ0v) is 8.48. The summed E-state index contributed by atoms with van der Waals surface area (Å²) in [5.74, 6) is -0.786. The van der Waals surface area contributed by atoms with E-state index in [4.69, 9.17) is 0 Å². The molecule has 0 radical (unpaired) electrons. The van der Waals surface area contributed by atoms with Crippen molar-refractivity contribution in [2.24, 2.45) is 0 Å². The SMILES string of the molecule is O=C1C(O)CCN1c1cc(C(F)(F)F)ncn1. The van der Waals surface area contributed by atoms with Crippen molar-refractivity contribution >= 4 is 11.7 Å². The van der Waals surface area contributed by atoms with Crippen molar-refractivity contribution < 1.29 is 23.1 Å². The molecule has 1 N–H and O–H groups in total. The number of hydrogen-bond acceptors (Lipinski definition) is 4. The van der Waals surface area contributed by atoms with Crippen LogP contribution < -0.4 is 4.90 Å². The number of hydrogen-bond donors (Lipinski definition) is 1. The first-order chi connectivity index (χ1) is 7.89. The second kappa shape index (κ2) is 3.95. The van der Waals surface area contributed by atoms with Crippen molar-refractivity contribution in [3.63, 3.8) is 0 Å². The first-order valence-corrected chi connectivity index (χ1v) is 4.78. The van der Waals surface area contributed by atoms with Gasteiger partial charge in [0.15, 0.2) is 0 Å². The molecule has 1 unspecified atom stereocenters. The highest BCUT2D eigenvalue weighted by Crippen LogP contribution is 2.29. The van der Waals surface area contributed by atoms with E-state index in [1.165, 1.54) is 0 Å². The third-order valence-corrected chi connectivity index (χ3v) is 2.40. The summed E-state index contributed by atoms with van der Waals surface area (Å²) in [4.78, 5) is 19.1. The lowest BCUT2D eigenvalue weighted by Gasteiger charge is -2.15. The summed E-state index contributed by atoms with van der Waals surface area (Å²) in [7, 11) is 0. The molecule has 0 aromatic carbocycles. The summed E-state index contributed by atoms with van der Waals surface area (Å²) >= 11 is 0. The summed E-state index contributed by atoms with van der Waals surface area (Å²) in [6.45, 7) is 0.147. The van der Waals surface area contributed by atoms with E-state index in [0.717, 1.165) is 11.2 Å². The number of aromatic nitrogens is 2. The van der Waals surface area contributed by atoms with Crippen LogP contribution in [-0.4, -0.2) is 33.6 Å². The molecule has 1 aliphatic heterocycles. The van der Waals surface area contributed by atoms with Gasteiger partial charge in [-0.3, -0.25) is 9.69 Å². The number of amides is 1. The highest BCUT2D eigenvalue weighted by molar-refractivity contribution is 5.97. The number of halogens is 3. The molecule has 1 saturated heterocycles. The fourth-order valence-electron chi connectivity index (χ4n) is 1.54. The number of carbonyl (C=O) groups is 1. The Morgan fingerprint density at radius 3 is 2.65 bits per heavy atom. The molecular formula is C9H8F3N3O2. The molecule has 2 rings (SSSR count). The lowest BCUT2D eigenvalue weighted by molar-refractivity contribution is -0.141. The largest absolute Gasteiger partial charge is 0.433 e. The molecule has 1 aliphatic rings. The van der Waals surface area contributed by atoms with E-state index in [2.05, 4.69) is 9.97 Å². The third kappa shape index (κ3) is 2.21. The molecule has 0 spiro atoms. The minimum absolute atomic E-state index is 0.145. The summed E-state index contributed by atoms with van der Waals surface area (Å²) < 4.78 is 37.2. The highest BCUT2D eigenvalue weighted by atomic mass is 19.4. The molecule has 1 aromatic heterocycles. The van der Waals surface area contributed by atoms with Crippen molar-refractivity contribution in [1.82, 2.24) is 9.97 Å². The summed E-state index contributed by atoms with van der Waals surface area (Å²) in [5, 5.41) is 9.20. The second-order valence-electron chi connectivity index (χ2n) is 3.55. The maximum Gasteiger partial charge on any atom is 0.433 e. The van der Waals surface area contributed by atoms with Gasteiger partial charge in [0, 0.05) is 19.0 Å². The zero-order valence-electron chi connectivity index (χ0n) is 8.48. The van der Waals surface area contributed by atoms with Gasteiger partial charge in [-0.1, -0.05) is 0 Å². The molecule has 5 nitrogen and oxygen atoms in total. The first-order valence-electron chi connectivity index (χ1n) is 4.78. The van der Waals surface area contributed by atoms with Gasteiger partial charge in [-0.05, 0) is 0 Å². The minimum atomic E-state index is -4.58. The Hall–Kier alpha value is -1.70. The molecular weight excluding hydrogens is 239 g/mol. The Morgan fingerprint density at radius 2 is 2.12 bits per heavy atom. The van der Waals surface area contributed by atoms with Gasteiger partial charge in [0.1, 0.15) is 23.9 Å². The van der Waals surface area contributed by atoms with Gasteiger partial charge in [0.25, 0.3) is 5.91 Å². The number of alkyl halides is 3. The Morgan fingerprint density at radius 1 is 1.41 bits per heavy atom. The second-order valence-corrected chi connectivity index (χ2v) is 3.55. The van der Waals surface area contributed by atoms with E-state index >= 15 is 0 Å². The number of aliphatic hydroxyl groups excluding tert-OH is 1. The number of rotatable bonds is 1. The fourth-order valence-corrected chi connectivity index (χ4v) is 1.54. The molecule has 1 amide bonds. The maximum absolute atomic E-state index is 12.4. The van der Waals surface area contributed by atoms with Crippen molar-refractivity contribution in [1.29, 1.82) is 0 Å². The van der Waals surface area contributed by atoms with Crippen LogP contribution in [-0.2, 0) is 11.0 Å². The van der Waals surface area contributed by atoms with Crippen LogP contribution in [0.25, 0.3) is 0 Å². The minimum Gasteiger partial charge on any atom is -0.383 e. The van der Waals surface area contributed by atoms with E-state index in [-0.39, 0.29) is 18.8 Å². The number of aliphatic hydroxyl groups is 1. The van der Waals surface area contributed by atoms with Crippen LogP contribution in [0.3, 0.4) is 0 Å². The van der Waals surface area contributed by atoms with Crippen LogP contribution in [0.15, 0.2) is 12.4 Å². The third-order valence-electron chi connectivity index (χ3n) is 2.40. The van der Waals surface area contributed by atoms with Gasteiger partial charge >= 0.3 is 6.18 Å². The van der Waals surface area contributed by atoms with E-state index in [9.17, 15) is 23.1 Å². The lowest BCUT2D eigenvalue weighted by atomic mass is 10.3. The van der Waals surface area contributed by atoms with Crippen molar-refractivity contribution in [3.8, 4) is 0 Å². The van der Waals surface area contributed by atoms with Gasteiger partial charge in [0.05, 0.1) is 0 Å². The molecule has 17 heavy (non-hydrogen) atoms. The van der Waals surface area contributed by atoms with Gasteiger partial charge in [-0.15, -0.1) is 0 Å². The Kier molecular flexibility index (Phi) is 2.74. The molecule has 1 atom stereocenters. The average Bonchev–Trinajstić information content (AvgIpc) is 2.59. The van der Waals surface area contributed by atoms with Gasteiger partial charge in [0.2, 0.25) is 0 Å². The number of nitrogens with zero attached hydrogens (tertiary/aromatic N) is 3. The molecule has 92 valence electrons. The van der Waals surface area contributed by atoms with Gasteiger partial charge < -0.3 is 5.11 Å². The summed E-state index contributed by atoms with van der Waals surface area (Å²) in [6, 6.07) is 0.690. The summed E-state index contributed by atoms with van der Waals surface area (Å²) in [6.07, 6.45) is -4.82. The first kappa shape index (κ1) is 11.8. The maximum atomic E-state index is 12.4. The van der Waals surface area contributed by atoms with Crippen LogP contribution in [0.2, 0.25) is 0 Å². The zero-order chi connectivity index (χ0) is 12.6. The predicted molar refractivity (Wildman–Crippen MR) is 50.0 cm³/mol. The fraction of sp³-hybridized carbons (Fsp3) is 0.444. The van der Waals surface area contributed by atoms with Crippen molar-refractivity contribution in [2.75, 3.05) is 11.4 Å². The van der Waals surface area contributed by atoms with E-state index in [0.29, 0.717) is 6.07 Å². The van der Waals surface area contributed by atoms with Gasteiger partial charge in [-0.25, -0.2) is 9.97 Å². The number of carbonyl (C=O) groups excluding carboxylic acids is 1. The quantitative estimate of drug-likeness (QED) is 0.788. The molecule has 1 fully saturated rings. The van der Waals surface area contributed by atoms with Crippen molar-refractivity contribution in [2.45, 2.75) is 18.7 Å². The van der Waals surface area contributed by atoms with Crippen LogP contribution in [0.1, 0.15) is 12.1 Å². The van der Waals surface area contributed by atoms with E-state index < -0.39 is 23.9 Å². The Labute approximate surface area is 93.9 Å². The molecule has 2 heterocycles. The summed E-state index contributed by atoms with van der Waals surface area (Å²) in [5.41, 5.74) is -1.11. The van der Waals surface area contributed by atoms with Crippen LogP contribution in [0, 0.1) is 0 Å². The monoisotopic (exact) mass is 247 g/mol. The predicted octanol–water partition coefficient (Wildman–Crippen LogP) is 0.593. The Balaban J connectivity index is 2.31. The topological polar surface area (TPSA) is 66.3 Å². The lowest BCUT2D eigenvalue weighted by Crippen LogP contribution is -2.30.